The minimum absolute atomic E-state index is 0.0580. The lowest BCUT2D eigenvalue weighted by Crippen LogP contribution is -2.24. The summed E-state index contributed by atoms with van der Waals surface area (Å²) < 4.78 is 13.3. The summed E-state index contributed by atoms with van der Waals surface area (Å²) in [5, 5.41) is 2.67. The van der Waals surface area contributed by atoms with Gasteiger partial charge in [0.1, 0.15) is 11.7 Å². The fourth-order valence-electron chi connectivity index (χ4n) is 2.15. The van der Waals surface area contributed by atoms with Crippen molar-refractivity contribution in [2.24, 2.45) is 0 Å². The molecule has 2 rings (SSSR count). The van der Waals surface area contributed by atoms with Gasteiger partial charge in [-0.2, -0.15) is 0 Å². The highest BCUT2D eigenvalue weighted by Crippen LogP contribution is 2.26. The third kappa shape index (κ3) is 2.35. The summed E-state index contributed by atoms with van der Waals surface area (Å²) in [4.78, 5) is 11.0. The molecule has 1 aromatic carbocycles. The zero-order valence-electron chi connectivity index (χ0n) is 8.85. The first kappa shape index (κ1) is 11.4. The molecule has 0 fully saturated rings. The Labute approximate surface area is 98.8 Å². The van der Waals surface area contributed by atoms with Crippen molar-refractivity contribution >= 4 is 17.5 Å². The van der Waals surface area contributed by atoms with Crippen LogP contribution in [0.5, 0.6) is 0 Å². The zero-order valence-corrected chi connectivity index (χ0v) is 9.61. The molecule has 0 aliphatic heterocycles. The summed E-state index contributed by atoms with van der Waals surface area (Å²) in [5.41, 5.74) is 3.15. The van der Waals surface area contributed by atoms with E-state index in [0.717, 1.165) is 30.4 Å². The highest BCUT2D eigenvalue weighted by molar-refractivity contribution is 6.27. The fraction of sp³-hybridized carbons (Fsp3) is 0.417. The predicted molar refractivity (Wildman–Crippen MR) is 61.0 cm³/mol. The van der Waals surface area contributed by atoms with Gasteiger partial charge in [0, 0.05) is 6.54 Å². The van der Waals surface area contributed by atoms with E-state index < -0.39 is 0 Å². The van der Waals surface area contributed by atoms with Gasteiger partial charge in [-0.25, -0.2) is 4.39 Å². The molecule has 0 bridgehead atoms. The van der Waals surface area contributed by atoms with Crippen LogP contribution in [-0.2, 0) is 24.2 Å². The van der Waals surface area contributed by atoms with Crippen LogP contribution in [0.3, 0.4) is 0 Å². The number of nitrogens with one attached hydrogen (secondary N) is 1. The van der Waals surface area contributed by atoms with Gasteiger partial charge in [-0.05, 0) is 48.1 Å². The number of carbonyl (C=O) groups is 1. The molecule has 0 atom stereocenters. The van der Waals surface area contributed by atoms with Gasteiger partial charge in [-0.3, -0.25) is 4.79 Å². The summed E-state index contributed by atoms with van der Waals surface area (Å²) in [7, 11) is 0. The molecule has 1 N–H and O–H groups in total. The van der Waals surface area contributed by atoms with Gasteiger partial charge < -0.3 is 5.32 Å². The average Bonchev–Trinajstić information content (AvgIpc) is 2.73. The molecule has 0 radical (unpaired) electrons. The second-order valence-corrected chi connectivity index (χ2v) is 4.23. The highest BCUT2D eigenvalue weighted by atomic mass is 35.5. The molecule has 86 valence electrons. The van der Waals surface area contributed by atoms with E-state index in [2.05, 4.69) is 5.32 Å². The van der Waals surface area contributed by atoms with Gasteiger partial charge in [0.25, 0.3) is 0 Å². The van der Waals surface area contributed by atoms with E-state index in [1.54, 1.807) is 6.07 Å². The maximum Gasteiger partial charge on any atom is 0.235 e. The maximum atomic E-state index is 13.3. The molecule has 0 saturated carbocycles. The molecule has 1 aromatic rings. The van der Waals surface area contributed by atoms with Gasteiger partial charge in [-0.15, -0.1) is 11.6 Å². The second kappa shape index (κ2) is 4.83. The third-order valence-electron chi connectivity index (χ3n) is 2.87. The molecular formula is C12H13ClFNO. The van der Waals surface area contributed by atoms with Crippen LogP contribution < -0.4 is 5.32 Å². The van der Waals surface area contributed by atoms with Crippen molar-refractivity contribution in [3.63, 3.8) is 0 Å². The Balaban J connectivity index is 2.17. The number of benzene rings is 1. The van der Waals surface area contributed by atoms with Crippen LogP contribution in [0, 0.1) is 5.82 Å². The lowest BCUT2D eigenvalue weighted by atomic mass is 10.0. The number of hydrogen-bond donors (Lipinski definition) is 1. The number of aryl methyl sites for hydroxylation is 1. The molecule has 2 nitrogen and oxygen atoms in total. The van der Waals surface area contributed by atoms with E-state index >= 15 is 0 Å². The molecule has 0 spiro atoms. The van der Waals surface area contributed by atoms with Crippen molar-refractivity contribution < 1.29 is 9.18 Å². The molecule has 0 aromatic heterocycles. The minimum Gasteiger partial charge on any atom is -0.351 e. The fourth-order valence-corrected chi connectivity index (χ4v) is 2.25. The Bertz CT molecular complexity index is 420. The Morgan fingerprint density at radius 3 is 3.00 bits per heavy atom. The van der Waals surface area contributed by atoms with Crippen molar-refractivity contribution in [1.29, 1.82) is 0 Å². The molecule has 4 heteroatoms. The molecule has 0 saturated heterocycles. The van der Waals surface area contributed by atoms with Crippen molar-refractivity contribution in [2.75, 3.05) is 5.88 Å². The topological polar surface area (TPSA) is 29.1 Å². The van der Waals surface area contributed by atoms with Gasteiger partial charge in [0.05, 0.1) is 0 Å². The largest absolute Gasteiger partial charge is 0.351 e. The number of alkyl halides is 1. The number of halogens is 2. The van der Waals surface area contributed by atoms with E-state index in [1.165, 1.54) is 11.6 Å². The molecular weight excluding hydrogens is 229 g/mol. The van der Waals surface area contributed by atoms with Gasteiger partial charge in [0.15, 0.2) is 0 Å². The van der Waals surface area contributed by atoms with E-state index in [4.69, 9.17) is 11.6 Å². The molecule has 1 aliphatic carbocycles. The summed E-state index contributed by atoms with van der Waals surface area (Å²) in [6, 6.07) is 3.09. The molecule has 16 heavy (non-hydrogen) atoms. The molecule has 1 amide bonds. The Morgan fingerprint density at radius 1 is 1.44 bits per heavy atom. The quantitative estimate of drug-likeness (QED) is 0.808. The lowest BCUT2D eigenvalue weighted by molar-refractivity contribution is -0.118. The number of fused-ring (bicyclic) bond motifs is 1. The lowest BCUT2D eigenvalue weighted by Gasteiger charge is -2.09. The maximum absolute atomic E-state index is 13.3. The molecule has 0 heterocycles. The summed E-state index contributed by atoms with van der Waals surface area (Å²) in [6.07, 6.45) is 2.97. The third-order valence-corrected chi connectivity index (χ3v) is 3.11. The van der Waals surface area contributed by atoms with E-state index in [-0.39, 0.29) is 17.6 Å². The van der Waals surface area contributed by atoms with Crippen molar-refractivity contribution in [2.45, 2.75) is 25.8 Å². The zero-order chi connectivity index (χ0) is 11.5. The minimum atomic E-state index is -0.226. The number of rotatable bonds is 3. The van der Waals surface area contributed by atoms with Crippen molar-refractivity contribution in [1.82, 2.24) is 5.32 Å². The SMILES string of the molecule is O=C(CCl)NCc1cc(F)cc2c1CCC2. The Hall–Kier alpha value is -1.09. The number of amides is 1. The normalized spacial score (nSPS) is 13.6. The van der Waals surface area contributed by atoms with Crippen LogP contribution in [0.1, 0.15) is 23.1 Å². The first-order chi connectivity index (χ1) is 7.70. The Kier molecular flexibility index (Phi) is 3.44. The summed E-state index contributed by atoms with van der Waals surface area (Å²) in [5.74, 6) is -0.509. The first-order valence-electron chi connectivity index (χ1n) is 5.33. The molecule has 1 aliphatic rings. The van der Waals surface area contributed by atoms with Gasteiger partial charge in [-0.1, -0.05) is 0 Å². The van der Waals surface area contributed by atoms with Crippen LogP contribution in [0.2, 0.25) is 0 Å². The average molecular weight is 242 g/mol. The standard InChI is InChI=1S/C12H13ClFNO/c13-6-12(16)15-7-9-5-10(14)4-8-2-1-3-11(8)9/h4-5H,1-3,6-7H2,(H,15,16). The predicted octanol–water partition coefficient (Wildman–Crippen LogP) is 2.17. The smallest absolute Gasteiger partial charge is 0.235 e. The van der Waals surface area contributed by atoms with Crippen LogP contribution in [0.15, 0.2) is 12.1 Å². The second-order valence-electron chi connectivity index (χ2n) is 3.97. The van der Waals surface area contributed by atoms with Gasteiger partial charge in [0.2, 0.25) is 5.91 Å². The van der Waals surface area contributed by atoms with Crippen molar-refractivity contribution in [3.05, 3.63) is 34.6 Å². The van der Waals surface area contributed by atoms with Gasteiger partial charge >= 0.3 is 0 Å². The van der Waals surface area contributed by atoms with Crippen molar-refractivity contribution in [3.8, 4) is 0 Å². The molecule has 0 unspecified atom stereocenters. The summed E-state index contributed by atoms with van der Waals surface area (Å²) in [6.45, 7) is 0.367. The van der Waals surface area contributed by atoms with Crippen LogP contribution in [0.4, 0.5) is 4.39 Å². The number of hydrogen-bond acceptors (Lipinski definition) is 1. The van der Waals surface area contributed by atoms with E-state index in [1.807, 2.05) is 0 Å². The number of carbonyl (C=O) groups excluding carboxylic acids is 1. The first-order valence-corrected chi connectivity index (χ1v) is 5.87. The van der Waals surface area contributed by atoms with Crippen LogP contribution >= 0.6 is 11.6 Å². The highest BCUT2D eigenvalue weighted by Gasteiger charge is 2.16. The van der Waals surface area contributed by atoms with Crippen LogP contribution in [-0.4, -0.2) is 11.8 Å². The monoisotopic (exact) mass is 241 g/mol. The van der Waals surface area contributed by atoms with E-state index in [9.17, 15) is 9.18 Å². The van der Waals surface area contributed by atoms with E-state index in [0.29, 0.717) is 6.54 Å². The summed E-state index contributed by atoms with van der Waals surface area (Å²) >= 11 is 5.38. The van der Waals surface area contributed by atoms with Crippen LogP contribution in [0.25, 0.3) is 0 Å². The Morgan fingerprint density at radius 2 is 2.25 bits per heavy atom.